The molecule has 3 aromatic rings. The van der Waals surface area contributed by atoms with Gasteiger partial charge in [-0.3, -0.25) is 4.79 Å². The zero-order chi connectivity index (χ0) is 14.7. The van der Waals surface area contributed by atoms with Crippen LogP contribution in [0.15, 0.2) is 48.5 Å². The van der Waals surface area contributed by atoms with Crippen LogP contribution in [0, 0.1) is 0 Å². The van der Waals surface area contributed by atoms with Crippen molar-refractivity contribution in [2.45, 2.75) is 0 Å². The highest BCUT2D eigenvalue weighted by Crippen LogP contribution is 2.18. The number of H-pyrrole nitrogens is 1. The molecule has 21 heavy (non-hydrogen) atoms. The summed E-state index contributed by atoms with van der Waals surface area (Å²) in [6.45, 7) is 0. The standard InChI is InChI=1S/C15H11ClN4O/c16-11-7-4-10(5-8-11)6-9-14(21)17-12-2-1-3-13-15(12)19-20-18-13/h1-9H,(H,17,21)(H,18,19,20). The minimum absolute atomic E-state index is 0.236. The lowest BCUT2D eigenvalue weighted by Crippen LogP contribution is -2.08. The Morgan fingerprint density at radius 3 is 2.76 bits per heavy atom. The molecule has 0 aliphatic rings. The third-order valence-electron chi connectivity index (χ3n) is 2.90. The number of carbonyl (C=O) groups excluding carboxylic acids is 1. The van der Waals surface area contributed by atoms with Crippen molar-refractivity contribution in [1.29, 1.82) is 0 Å². The predicted molar refractivity (Wildman–Crippen MR) is 83.0 cm³/mol. The molecule has 2 aromatic carbocycles. The van der Waals surface area contributed by atoms with Gasteiger partial charge in [0.25, 0.3) is 0 Å². The number of para-hydroxylation sites is 1. The Morgan fingerprint density at radius 2 is 1.95 bits per heavy atom. The molecule has 1 heterocycles. The molecule has 1 aromatic heterocycles. The molecule has 0 saturated carbocycles. The first kappa shape index (κ1) is 13.3. The number of rotatable bonds is 3. The lowest BCUT2D eigenvalue weighted by atomic mass is 10.2. The average molecular weight is 299 g/mol. The first-order valence-electron chi connectivity index (χ1n) is 6.26. The number of aromatic nitrogens is 3. The van der Waals surface area contributed by atoms with Crippen LogP contribution in [0.5, 0.6) is 0 Å². The van der Waals surface area contributed by atoms with Gasteiger partial charge in [-0.05, 0) is 35.9 Å². The number of aromatic amines is 1. The average Bonchev–Trinajstić information content (AvgIpc) is 2.96. The Labute approximate surface area is 125 Å². The van der Waals surface area contributed by atoms with Crippen LogP contribution in [0.3, 0.4) is 0 Å². The molecule has 1 amide bonds. The molecule has 0 bridgehead atoms. The maximum atomic E-state index is 11.9. The van der Waals surface area contributed by atoms with Crippen molar-refractivity contribution in [3.05, 3.63) is 59.1 Å². The molecule has 6 heteroatoms. The summed E-state index contributed by atoms with van der Waals surface area (Å²) in [4.78, 5) is 11.9. The summed E-state index contributed by atoms with van der Waals surface area (Å²) in [7, 11) is 0. The van der Waals surface area contributed by atoms with E-state index in [0.29, 0.717) is 21.7 Å². The van der Waals surface area contributed by atoms with Gasteiger partial charge in [-0.25, -0.2) is 0 Å². The number of nitrogens with zero attached hydrogens (tertiary/aromatic N) is 2. The first-order chi connectivity index (χ1) is 10.2. The van der Waals surface area contributed by atoms with Crippen molar-refractivity contribution in [1.82, 2.24) is 15.4 Å². The van der Waals surface area contributed by atoms with Crippen LogP contribution in [0.1, 0.15) is 5.56 Å². The molecule has 0 fully saturated rings. The zero-order valence-corrected chi connectivity index (χ0v) is 11.6. The van der Waals surface area contributed by atoms with E-state index in [0.717, 1.165) is 5.56 Å². The smallest absolute Gasteiger partial charge is 0.248 e. The highest BCUT2D eigenvalue weighted by molar-refractivity contribution is 6.30. The van der Waals surface area contributed by atoms with Gasteiger partial charge in [0, 0.05) is 11.1 Å². The molecule has 5 nitrogen and oxygen atoms in total. The number of amides is 1. The third-order valence-corrected chi connectivity index (χ3v) is 3.15. The Balaban J connectivity index is 1.74. The van der Waals surface area contributed by atoms with E-state index in [1.165, 1.54) is 6.08 Å². The molecule has 104 valence electrons. The summed E-state index contributed by atoms with van der Waals surface area (Å²) in [6.07, 6.45) is 3.18. The Hall–Kier alpha value is -2.66. The van der Waals surface area contributed by atoms with Gasteiger partial charge in [0.05, 0.1) is 5.69 Å². The number of fused-ring (bicyclic) bond motifs is 1. The van der Waals surface area contributed by atoms with Crippen molar-refractivity contribution < 1.29 is 4.79 Å². The number of benzene rings is 2. The second-order valence-electron chi connectivity index (χ2n) is 4.37. The normalized spacial score (nSPS) is 11.1. The van der Waals surface area contributed by atoms with Gasteiger partial charge >= 0.3 is 0 Å². The fourth-order valence-electron chi connectivity index (χ4n) is 1.89. The summed E-state index contributed by atoms with van der Waals surface area (Å²) in [5.41, 5.74) is 2.85. The van der Waals surface area contributed by atoms with E-state index in [9.17, 15) is 4.79 Å². The second-order valence-corrected chi connectivity index (χ2v) is 4.81. The number of hydrogen-bond donors (Lipinski definition) is 2. The Morgan fingerprint density at radius 1 is 1.14 bits per heavy atom. The van der Waals surface area contributed by atoms with Gasteiger partial charge in [-0.1, -0.05) is 29.8 Å². The lowest BCUT2D eigenvalue weighted by molar-refractivity contribution is -0.111. The van der Waals surface area contributed by atoms with E-state index in [-0.39, 0.29) is 5.91 Å². The fourth-order valence-corrected chi connectivity index (χ4v) is 2.01. The minimum atomic E-state index is -0.236. The van der Waals surface area contributed by atoms with E-state index >= 15 is 0 Å². The minimum Gasteiger partial charge on any atom is -0.320 e. The molecule has 0 radical (unpaired) electrons. The van der Waals surface area contributed by atoms with Gasteiger partial charge < -0.3 is 5.32 Å². The van der Waals surface area contributed by atoms with Crippen LogP contribution in [0.2, 0.25) is 5.02 Å². The Kier molecular flexibility index (Phi) is 3.66. The quantitative estimate of drug-likeness (QED) is 0.729. The number of halogens is 1. The van der Waals surface area contributed by atoms with Gasteiger partial charge in [0.1, 0.15) is 11.0 Å². The van der Waals surface area contributed by atoms with Gasteiger partial charge in [0.15, 0.2) is 0 Å². The number of anilines is 1. The summed E-state index contributed by atoms with van der Waals surface area (Å²) < 4.78 is 0. The molecular weight excluding hydrogens is 288 g/mol. The largest absolute Gasteiger partial charge is 0.320 e. The van der Waals surface area contributed by atoms with E-state index < -0.39 is 0 Å². The molecule has 3 rings (SSSR count). The maximum Gasteiger partial charge on any atom is 0.248 e. The van der Waals surface area contributed by atoms with Crippen molar-refractivity contribution in [3.63, 3.8) is 0 Å². The third kappa shape index (κ3) is 3.09. The lowest BCUT2D eigenvalue weighted by Gasteiger charge is -2.01. The summed E-state index contributed by atoms with van der Waals surface area (Å²) in [5, 5.41) is 14.0. The highest BCUT2D eigenvalue weighted by Gasteiger charge is 2.06. The summed E-state index contributed by atoms with van der Waals surface area (Å²) >= 11 is 5.81. The van der Waals surface area contributed by atoms with Crippen LogP contribution in [-0.2, 0) is 4.79 Å². The van der Waals surface area contributed by atoms with Crippen LogP contribution in [0.25, 0.3) is 17.1 Å². The van der Waals surface area contributed by atoms with E-state index in [1.807, 2.05) is 24.3 Å². The number of nitrogens with one attached hydrogen (secondary N) is 2. The highest BCUT2D eigenvalue weighted by atomic mass is 35.5. The molecular formula is C15H11ClN4O. The molecule has 0 aliphatic carbocycles. The zero-order valence-electron chi connectivity index (χ0n) is 10.9. The van der Waals surface area contributed by atoms with E-state index in [4.69, 9.17) is 11.6 Å². The van der Waals surface area contributed by atoms with Crippen molar-refractivity contribution in [3.8, 4) is 0 Å². The molecule has 2 N–H and O–H groups in total. The van der Waals surface area contributed by atoms with Gasteiger partial charge in [-0.15, -0.1) is 0 Å². The van der Waals surface area contributed by atoms with Crippen LogP contribution in [0.4, 0.5) is 5.69 Å². The molecule has 0 aliphatic heterocycles. The van der Waals surface area contributed by atoms with Crippen molar-refractivity contribution in [2.75, 3.05) is 5.32 Å². The number of carbonyl (C=O) groups is 1. The topological polar surface area (TPSA) is 70.7 Å². The Bertz CT molecular complexity index is 808. The monoisotopic (exact) mass is 298 g/mol. The van der Waals surface area contributed by atoms with Crippen LogP contribution < -0.4 is 5.32 Å². The fraction of sp³-hybridized carbons (Fsp3) is 0. The second kappa shape index (κ2) is 5.76. The van der Waals surface area contributed by atoms with Gasteiger partial charge in [-0.2, -0.15) is 15.4 Å². The first-order valence-corrected chi connectivity index (χ1v) is 6.64. The molecule has 0 unspecified atom stereocenters. The molecule has 0 spiro atoms. The van der Waals surface area contributed by atoms with E-state index in [2.05, 4.69) is 20.7 Å². The summed E-state index contributed by atoms with van der Waals surface area (Å²) in [6, 6.07) is 12.6. The van der Waals surface area contributed by atoms with Gasteiger partial charge in [0.2, 0.25) is 5.91 Å². The predicted octanol–water partition coefficient (Wildman–Crippen LogP) is 3.26. The SMILES string of the molecule is O=C(C=Cc1ccc(Cl)cc1)Nc1cccc2n[nH]nc12. The number of hydrogen-bond acceptors (Lipinski definition) is 3. The van der Waals surface area contributed by atoms with Crippen molar-refractivity contribution in [2.24, 2.45) is 0 Å². The maximum absolute atomic E-state index is 11.9. The van der Waals surface area contributed by atoms with E-state index in [1.54, 1.807) is 24.3 Å². The molecule has 0 atom stereocenters. The van der Waals surface area contributed by atoms with Crippen LogP contribution in [-0.4, -0.2) is 21.3 Å². The molecule has 0 saturated heterocycles. The summed E-state index contributed by atoms with van der Waals surface area (Å²) in [5.74, 6) is -0.236. The van der Waals surface area contributed by atoms with Crippen LogP contribution >= 0.6 is 11.6 Å². The van der Waals surface area contributed by atoms with Crippen molar-refractivity contribution >= 4 is 40.3 Å².